The second kappa shape index (κ2) is 6.82. The normalized spacial score (nSPS) is 14.7. The number of ether oxygens (including phenoxy) is 1. The van der Waals surface area contributed by atoms with Gasteiger partial charge in [0.05, 0.1) is 41.6 Å². The number of aromatic amines is 1. The van der Waals surface area contributed by atoms with Gasteiger partial charge >= 0.3 is 5.97 Å². The molecule has 1 atom stereocenters. The van der Waals surface area contributed by atoms with Crippen LogP contribution in [0.2, 0.25) is 0 Å². The highest BCUT2D eigenvalue weighted by atomic mass is 16.5. The number of carboxylic acid groups (broad SMARTS) is 1. The van der Waals surface area contributed by atoms with Crippen molar-refractivity contribution < 1.29 is 14.6 Å². The molecular weight excluding hydrogens is 368 g/mol. The third-order valence-corrected chi connectivity index (χ3v) is 5.68. The molecule has 0 spiro atoms. The maximum absolute atomic E-state index is 11.9. The monoisotopic (exact) mass is 390 g/mol. The minimum Gasteiger partial charge on any atom is -0.496 e. The highest BCUT2D eigenvalue weighted by Crippen LogP contribution is 2.46. The Kier molecular flexibility index (Phi) is 4.42. The Balaban J connectivity index is 2.00. The number of nitriles is 1. The van der Waals surface area contributed by atoms with E-state index in [1.54, 1.807) is 25.3 Å². The Morgan fingerprint density at radius 2 is 2.21 bits per heavy atom. The molecule has 0 amide bonds. The molecule has 7 nitrogen and oxygen atoms in total. The first-order valence-electron chi connectivity index (χ1n) is 9.44. The number of anilines is 1. The molecule has 3 aromatic rings. The molecular formula is C22H22N4O3. The number of fused-ring (bicyclic) bond motifs is 2. The third-order valence-electron chi connectivity index (χ3n) is 5.68. The van der Waals surface area contributed by atoms with Crippen molar-refractivity contribution in [2.75, 3.05) is 19.0 Å². The van der Waals surface area contributed by atoms with Crippen LogP contribution in [0, 0.1) is 18.3 Å². The SMILES string of the molecule is COc1cc(C)c2c(c1C(C)(CC(=O)O)c1nc3cc(C#N)ccc3[nH]1)CCN2. The number of hydrogen-bond donors (Lipinski definition) is 3. The van der Waals surface area contributed by atoms with E-state index in [0.29, 0.717) is 22.7 Å². The van der Waals surface area contributed by atoms with Crippen LogP contribution in [-0.4, -0.2) is 34.7 Å². The number of methoxy groups -OCH3 is 1. The van der Waals surface area contributed by atoms with Crippen LogP contribution in [0.3, 0.4) is 0 Å². The number of carbonyl (C=O) groups is 1. The number of hydrogen-bond acceptors (Lipinski definition) is 5. The van der Waals surface area contributed by atoms with Gasteiger partial charge in [0.15, 0.2) is 0 Å². The van der Waals surface area contributed by atoms with E-state index in [0.717, 1.165) is 40.9 Å². The summed E-state index contributed by atoms with van der Waals surface area (Å²) in [4.78, 5) is 19.9. The zero-order valence-electron chi connectivity index (χ0n) is 16.6. The van der Waals surface area contributed by atoms with Crippen molar-refractivity contribution >= 4 is 22.7 Å². The quantitative estimate of drug-likeness (QED) is 0.615. The van der Waals surface area contributed by atoms with Gasteiger partial charge in [-0.2, -0.15) is 5.26 Å². The van der Waals surface area contributed by atoms with Gasteiger partial charge in [0, 0.05) is 17.8 Å². The highest BCUT2D eigenvalue weighted by molar-refractivity contribution is 5.79. The zero-order valence-corrected chi connectivity index (χ0v) is 16.6. The van der Waals surface area contributed by atoms with Gasteiger partial charge in [-0.3, -0.25) is 4.79 Å². The van der Waals surface area contributed by atoms with Gasteiger partial charge in [-0.25, -0.2) is 4.98 Å². The summed E-state index contributed by atoms with van der Waals surface area (Å²) >= 11 is 0. The van der Waals surface area contributed by atoms with Crippen LogP contribution in [0.5, 0.6) is 5.75 Å². The van der Waals surface area contributed by atoms with Crippen LogP contribution in [-0.2, 0) is 16.6 Å². The first-order chi connectivity index (χ1) is 13.9. The van der Waals surface area contributed by atoms with Gasteiger partial charge in [-0.05, 0) is 55.7 Å². The Morgan fingerprint density at radius 3 is 2.90 bits per heavy atom. The minimum atomic E-state index is -0.938. The molecule has 0 radical (unpaired) electrons. The fourth-order valence-electron chi connectivity index (χ4n) is 4.36. The van der Waals surface area contributed by atoms with Crippen LogP contribution >= 0.6 is 0 Å². The molecule has 0 aliphatic carbocycles. The molecule has 1 unspecified atom stereocenters. The number of rotatable bonds is 5. The predicted molar refractivity (Wildman–Crippen MR) is 109 cm³/mol. The molecule has 2 heterocycles. The lowest BCUT2D eigenvalue weighted by molar-refractivity contribution is -0.138. The summed E-state index contributed by atoms with van der Waals surface area (Å²) in [6.07, 6.45) is 0.639. The van der Waals surface area contributed by atoms with Gasteiger partial charge in [-0.15, -0.1) is 0 Å². The molecule has 4 rings (SSSR count). The van der Waals surface area contributed by atoms with Gasteiger partial charge in [-0.1, -0.05) is 0 Å². The Morgan fingerprint density at radius 1 is 1.41 bits per heavy atom. The van der Waals surface area contributed by atoms with Crippen LogP contribution in [0.1, 0.15) is 41.4 Å². The van der Waals surface area contributed by atoms with Crippen LogP contribution in [0.4, 0.5) is 5.69 Å². The van der Waals surface area contributed by atoms with Crippen molar-refractivity contribution in [1.82, 2.24) is 9.97 Å². The first kappa shape index (κ1) is 18.8. The second-order valence-electron chi connectivity index (χ2n) is 7.63. The van der Waals surface area contributed by atoms with Gasteiger partial charge < -0.3 is 20.1 Å². The molecule has 3 N–H and O–H groups in total. The number of carboxylic acids is 1. The van der Waals surface area contributed by atoms with E-state index in [-0.39, 0.29) is 6.42 Å². The van der Waals surface area contributed by atoms with Crippen molar-refractivity contribution in [2.24, 2.45) is 0 Å². The lowest BCUT2D eigenvalue weighted by Gasteiger charge is -2.31. The lowest BCUT2D eigenvalue weighted by Crippen LogP contribution is -2.30. The number of benzene rings is 2. The van der Waals surface area contributed by atoms with Crippen molar-refractivity contribution in [3.8, 4) is 11.8 Å². The average Bonchev–Trinajstić information content (AvgIpc) is 3.33. The molecule has 0 fully saturated rings. The van der Waals surface area contributed by atoms with Gasteiger partial charge in [0.25, 0.3) is 0 Å². The molecule has 29 heavy (non-hydrogen) atoms. The van der Waals surface area contributed by atoms with E-state index in [4.69, 9.17) is 9.72 Å². The van der Waals surface area contributed by atoms with E-state index in [1.165, 1.54) is 0 Å². The minimum absolute atomic E-state index is 0.149. The number of H-pyrrole nitrogens is 1. The summed E-state index contributed by atoms with van der Waals surface area (Å²) in [5.74, 6) is 0.279. The van der Waals surface area contributed by atoms with Gasteiger partial charge in [0.1, 0.15) is 11.6 Å². The van der Waals surface area contributed by atoms with E-state index >= 15 is 0 Å². The molecule has 0 saturated carbocycles. The summed E-state index contributed by atoms with van der Waals surface area (Å²) in [5, 5.41) is 22.3. The Bertz CT molecular complexity index is 1170. The number of aromatic nitrogens is 2. The summed E-state index contributed by atoms with van der Waals surface area (Å²) < 4.78 is 5.71. The fourth-order valence-corrected chi connectivity index (χ4v) is 4.36. The molecule has 7 heteroatoms. The van der Waals surface area contributed by atoms with E-state index in [2.05, 4.69) is 16.4 Å². The Labute approximate surface area is 168 Å². The van der Waals surface area contributed by atoms with E-state index in [9.17, 15) is 15.2 Å². The second-order valence-corrected chi connectivity index (χ2v) is 7.63. The maximum atomic E-state index is 11.9. The average molecular weight is 390 g/mol. The molecule has 0 bridgehead atoms. The number of aliphatic carboxylic acids is 1. The predicted octanol–water partition coefficient (Wildman–Crippen LogP) is 3.50. The zero-order chi connectivity index (χ0) is 20.8. The van der Waals surface area contributed by atoms with Crippen LogP contribution in [0.15, 0.2) is 24.3 Å². The first-order valence-corrected chi connectivity index (χ1v) is 9.44. The smallest absolute Gasteiger partial charge is 0.304 e. The molecule has 1 aromatic heterocycles. The molecule has 0 saturated heterocycles. The summed E-state index contributed by atoms with van der Waals surface area (Å²) in [5.41, 5.74) is 4.99. The van der Waals surface area contributed by atoms with Crippen molar-refractivity contribution in [1.29, 1.82) is 5.26 Å². The van der Waals surface area contributed by atoms with Crippen LogP contribution in [0.25, 0.3) is 11.0 Å². The van der Waals surface area contributed by atoms with Crippen LogP contribution < -0.4 is 10.1 Å². The number of imidazole rings is 1. The van der Waals surface area contributed by atoms with E-state index < -0.39 is 11.4 Å². The summed E-state index contributed by atoms with van der Waals surface area (Å²) in [6, 6.07) is 9.27. The van der Waals surface area contributed by atoms with Crippen molar-refractivity contribution in [2.45, 2.75) is 32.1 Å². The topological polar surface area (TPSA) is 111 Å². The largest absolute Gasteiger partial charge is 0.496 e. The summed E-state index contributed by atoms with van der Waals surface area (Å²) in [7, 11) is 1.60. The molecule has 148 valence electrons. The van der Waals surface area contributed by atoms with Gasteiger partial charge in [0.2, 0.25) is 0 Å². The fraction of sp³-hybridized carbons (Fsp3) is 0.318. The number of nitrogens with one attached hydrogen (secondary N) is 2. The van der Waals surface area contributed by atoms with E-state index in [1.807, 2.05) is 19.9 Å². The molecule has 1 aliphatic rings. The van der Waals surface area contributed by atoms with Crippen molar-refractivity contribution in [3.63, 3.8) is 0 Å². The van der Waals surface area contributed by atoms with Crippen molar-refractivity contribution in [3.05, 3.63) is 52.3 Å². The molecule has 2 aromatic carbocycles. The summed E-state index contributed by atoms with van der Waals surface area (Å²) in [6.45, 7) is 4.70. The maximum Gasteiger partial charge on any atom is 0.304 e. The molecule has 1 aliphatic heterocycles. The highest BCUT2D eigenvalue weighted by Gasteiger charge is 2.41. The third kappa shape index (κ3) is 2.97. The lowest BCUT2D eigenvalue weighted by atomic mass is 9.75. The number of aryl methyl sites for hydroxylation is 1. The standard InChI is InChI=1S/C22H22N4O3/c1-12-8-17(29-3)19(14-6-7-24-20(12)14)22(2,10-18(27)28)21-25-15-5-4-13(11-23)9-16(15)26-21/h4-5,8-9,24H,6-7,10H2,1-3H3,(H,25,26)(H,27,28). The number of nitrogens with zero attached hydrogens (tertiary/aromatic N) is 2. The Hall–Kier alpha value is -3.53.